The number of phenols is 1. The van der Waals surface area contributed by atoms with Crippen molar-refractivity contribution in [2.45, 2.75) is 52.4 Å². The molecule has 0 bridgehead atoms. The van der Waals surface area contributed by atoms with E-state index < -0.39 is 0 Å². The van der Waals surface area contributed by atoms with Crippen molar-refractivity contribution in [1.29, 1.82) is 0 Å². The summed E-state index contributed by atoms with van der Waals surface area (Å²) < 4.78 is 0. The van der Waals surface area contributed by atoms with Gasteiger partial charge in [0.1, 0.15) is 5.75 Å². The zero-order valence-electron chi connectivity index (χ0n) is 12.0. The second kappa shape index (κ2) is 8.57. The van der Waals surface area contributed by atoms with Crippen LogP contribution in [-0.2, 0) is 0 Å². The van der Waals surface area contributed by atoms with E-state index in [4.69, 9.17) is 0 Å². The third-order valence-electron chi connectivity index (χ3n) is 3.30. The molecule has 0 unspecified atom stereocenters. The van der Waals surface area contributed by atoms with Crippen LogP contribution < -0.4 is 5.32 Å². The molecule has 1 aromatic carbocycles. The summed E-state index contributed by atoms with van der Waals surface area (Å²) in [4.78, 5) is 11.9. The predicted octanol–water partition coefficient (Wildman–Crippen LogP) is 3.79. The van der Waals surface area contributed by atoms with Crippen molar-refractivity contribution < 1.29 is 9.90 Å². The van der Waals surface area contributed by atoms with Crippen molar-refractivity contribution in [1.82, 2.24) is 5.32 Å². The number of carbonyl (C=O) groups is 1. The van der Waals surface area contributed by atoms with Gasteiger partial charge >= 0.3 is 0 Å². The Labute approximate surface area is 116 Å². The number of phenolic OH excluding ortho intramolecular Hbond substituents is 1. The molecule has 0 spiro atoms. The Morgan fingerprint density at radius 3 is 2.58 bits per heavy atom. The van der Waals surface area contributed by atoms with Crippen LogP contribution in [0.3, 0.4) is 0 Å². The molecule has 0 aliphatic carbocycles. The molecule has 3 nitrogen and oxygen atoms in total. The monoisotopic (exact) mass is 263 g/mol. The lowest BCUT2D eigenvalue weighted by Gasteiger charge is -2.08. The molecular weight excluding hydrogens is 238 g/mol. The largest absolute Gasteiger partial charge is 0.507 e. The highest BCUT2D eigenvalue weighted by Gasteiger charge is 2.11. The molecular formula is C16H25NO2. The third-order valence-corrected chi connectivity index (χ3v) is 3.30. The van der Waals surface area contributed by atoms with Crippen molar-refractivity contribution >= 4 is 5.91 Å². The molecule has 3 heteroatoms. The molecule has 0 saturated carbocycles. The fraction of sp³-hybridized carbons (Fsp3) is 0.562. The molecule has 106 valence electrons. The van der Waals surface area contributed by atoms with Crippen molar-refractivity contribution in [2.75, 3.05) is 6.54 Å². The standard InChI is InChI=1S/C16H25NO2/c1-3-4-5-6-7-8-12-17-16(19)14-11-9-10-13(2)15(14)18/h9-11,18H,3-8,12H2,1-2H3,(H,17,19). The lowest BCUT2D eigenvalue weighted by atomic mass is 10.1. The Morgan fingerprint density at radius 1 is 1.16 bits per heavy atom. The van der Waals surface area contributed by atoms with Crippen LogP contribution in [0.25, 0.3) is 0 Å². The number of rotatable bonds is 8. The molecule has 1 rings (SSSR count). The first kappa shape index (κ1) is 15.5. The van der Waals surface area contributed by atoms with Gasteiger partial charge < -0.3 is 10.4 Å². The van der Waals surface area contributed by atoms with Crippen molar-refractivity contribution in [2.24, 2.45) is 0 Å². The summed E-state index contributed by atoms with van der Waals surface area (Å²) in [7, 11) is 0. The Balaban J connectivity index is 2.26. The van der Waals surface area contributed by atoms with Crippen LogP contribution in [0.4, 0.5) is 0 Å². The van der Waals surface area contributed by atoms with E-state index in [-0.39, 0.29) is 11.7 Å². The summed E-state index contributed by atoms with van der Waals surface area (Å²) in [6.07, 6.45) is 7.22. The highest BCUT2D eigenvalue weighted by atomic mass is 16.3. The summed E-state index contributed by atoms with van der Waals surface area (Å²) >= 11 is 0. The first-order valence-electron chi connectivity index (χ1n) is 7.23. The van der Waals surface area contributed by atoms with E-state index >= 15 is 0 Å². The third kappa shape index (κ3) is 5.33. The zero-order valence-corrected chi connectivity index (χ0v) is 12.0. The van der Waals surface area contributed by atoms with Gasteiger partial charge in [0.2, 0.25) is 0 Å². The number of amides is 1. The summed E-state index contributed by atoms with van der Waals surface area (Å²) in [5.41, 5.74) is 1.10. The highest BCUT2D eigenvalue weighted by Crippen LogP contribution is 2.21. The first-order chi connectivity index (χ1) is 9.16. The molecule has 0 saturated heterocycles. The Bertz CT molecular complexity index is 402. The van der Waals surface area contributed by atoms with Crippen molar-refractivity contribution in [3.8, 4) is 5.75 Å². The number of nitrogens with one attached hydrogen (secondary N) is 1. The molecule has 0 radical (unpaired) electrons. The molecule has 1 amide bonds. The molecule has 0 aliphatic rings. The topological polar surface area (TPSA) is 49.3 Å². The normalized spacial score (nSPS) is 10.4. The Morgan fingerprint density at radius 2 is 1.84 bits per heavy atom. The van der Waals surface area contributed by atoms with Crippen LogP contribution in [0, 0.1) is 6.92 Å². The quantitative estimate of drug-likeness (QED) is 0.701. The average molecular weight is 263 g/mol. The van der Waals surface area contributed by atoms with Gasteiger partial charge in [-0.15, -0.1) is 0 Å². The molecule has 0 fully saturated rings. The van der Waals surface area contributed by atoms with E-state index in [0.29, 0.717) is 12.1 Å². The van der Waals surface area contributed by atoms with Crippen LogP contribution in [0.1, 0.15) is 61.4 Å². The van der Waals surface area contributed by atoms with E-state index in [9.17, 15) is 9.90 Å². The van der Waals surface area contributed by atoms with Gasteiger partial charge in [0, 0.05) is 6.54 Å². The molecule has 1 aromatic rings. The maximum absolute atomic E-state index is 11.9. The van der Waals surface area contributed by atoms with E-state index in [0.717, 1.165) is 18.4 Å². The van der Waals surface area contributed by atoms with E-state index in [1.54, 1.807) is 25.1 Å². The maximum atomic E-state index is 11.9. The van der Waals surface area contributed by atoms with Gasteiger partial charge in [0.05, 0.1) is 5.56 Å². The van der Waals surface area contributed by atoms with Crippen molar-refractivity contribution in [3.63, 3.8) is 0 Å². The number of carbonyl (C=O) groups excluding carboxylic acids is 1. The lowest BCUT2D eigenvalue weighted by Crippen LogP contribution is -2.24. The average Bonchev–Trinajstić information content (AvgIpc) is 2.40. The minimum Gasteiger partial charge on any atom is -0.507 e. The van der Waals surface area contributed by atoms with Crippen LogP contribution >= 0.6 is 0 Å². The number of para-hydroxylation sites is 1. The van der Waals surface area contributed by atoms with E-state index in [1.807, 2.05) is 0 Å². The zero-order chi connectivity index (χ0) is 14.1. The minimum absolute atomic E-state index is 0.0861. The van der Waals surface area contributed by atoms with Gasteiger partial charge in [-0.2, -0.15) is 0 Å². The Hall–Kier alpha value is -1.51. The van der Waals surface area contributed by atoms with Crippen LogP contribution in [0.15, 0.2) is 18.2 Å². The van der Waals surface area contributed by atoms with E-state index in [1.165, 1.54) is 25.7 Å². The predicted molar refractivity (Wildman–Crippen MR) is 78.6 cm³/mol. The lowest BCUT2D eigenvalue weighted by molar-refractivity contribution is 0.0950. The molecule has 0 aliphatic heterocycles. The van der Waals surface area contributed by atoms with Gasteiger partial charge in [-0.3, -0.25) is 4.79 Å². The summed E-state index contributed by atoms with van der Waals surface area (Å²) in [5, 5.41) is 12.7. The second-order valence-corrected chi connectivity index (χ2v) is 4.99. The molecule has 0 aromatic heterocycles. The molecule has 0 heterocycles. The second-order valence-electron chi connectivity index (χ2n) is 4.99. The fourth-order valence-corrected chi connectivity index (χ4v) is 2.04. The number of benzene rings is 1. The van der Waals surface area contributed by atoms with E-state index in [2.05, 4.69) is 12.2 Å². The van der Waals surface area contributed by atoms with Crippen LogP contribution in [-0.4, -0.2) is 17.6 Å². The van der Waals surface area contributed by atoms with Crippen LogP contribution in [0.5, 0.6) is 5.75 Å². The van der Waals surface area contributed by atoms with Crippen molar-refractivity contribution in [3.05, 3.63) is 29.3 Å². The minimum atomic E-state index is -0.185. The van der Waals surface area contributed by atoms with Crippen LogP contribution in [0.2, 0.25) is 0 Å². The maximum Gasteiger partial charge on any atom is 0.255 e. The van der Waals surface area contributed by atoms with Gasteiger partial charge in [0.25, 0.3) is 5.91 Å². The molecule has 2 N–H and O–H groups in total. The fourth-order valence-electron chi connectivity index (χ4n) is 2.04. The van der Waals surface area contributed by atoms with Gasteiger partial charge in [-0.05, 0) is 25.0 Å². The number of aryl methyl sites for hydroxylation is 1. The number of aromatic hydroxyl groups is 1. The Kier molecular flexibility index (Phi) is 7.01. The summed E-state index contributed by atoms with van der Waals surface area (Å²) in [6.45, 7) is 4.67. The highest BCUT2D eigenvalue weighted by molar-refractivity contribution is 5.97. The SMILES string of the molecule is CCCCCCCCNC(=O)c1cccc(C)c1O. The smallest absolute Gasteiger partial charge is 0.255 e. The number of hydrogen-bond donors (Lipinski definition) is 2. The van der Waals surface area contributed by atoms with Gasteiger partial charge in [0.15, 0.2) is 0 Å². The molecule has 19 heavy (non-hydrogen) atoms. The summed E-state index contributed by atoms with van der Waals surface area (Å²) in [6, 6.07) is 5.23. The first-order valence-corrected chi connectivity index (χ1v) is 7.23. The van der Waals surface area contributed by atoms with Gasteiger partial charge in [-0.25, -0.2) is 0 Å². The summed E-state index contributed by atoms with van der Waals surface area (Å²) in [5.74, 6) is -0.0993. The van der Waals surface area contributed by atoms with Gasteiger partial charge in [-0.1, -0.05) is 51.2 Å². The molecule has 0 atom stereocenters. The number of hydrogen-bond acceptors (Lipinski definition) is 2. The number of unbranched alkanes of at least 4 members (excludes halogenated alkanes) is 5.